The summed E-state index contributed by atoms with van der Waals surface area (Å²) < 4.78 is 6.10. The lowest BCUT2D eigenvalue weighted by Gasteiger charge is -2.27. The molecule has 0 radical (unpaired) electrons. The smallest absolute Gasteiger partial charge is 0.352 e. The van der Waals surface area contributed by atoms with Gasteiger partial charge in [-0.05, 0) is 6.07 Å². The van der Waals surface area contributed by atoms with E-state index >= 15 is 0 Å². The fourth-order valence-electron chi connectivity index (χ4n) is 1.92. The van der Waals surface area contributed by atoms with Crippen LogP contribution in [-0.2, 0) is 16.1 Å². The molecule has 2 rings (SSSR count). The van der Waals surface area contributed by atoms with Crippen molar-refractivity contribution in [2.24, 2.45) is 0 Å². The Kier molecular flexibility index (Phi) is 3.96. The predicted octanol–water partition coefficient (Wildman–Crippen LogP) is -0.595. The number of amides is 1. The first kappa shape index (κ1) is 13.3. The van der Waals surface area contributed by atoms with Gasteiger partial charge in [0, 0.05) is 19.2 Å². The molecule has 0 aromatic carbocycles. The first-order valence-corrected chi connectivity index (χ1v) is 5.88. The van der Waals surface area contributed by atoms with Crippen LogP contribution in [0.3, 0.4) is 0 Å². The number of carbonyl (C=O) groups excluding carboxylic acids is 1. The average Bonchev–Trinajstić information content (AvgIpc) is 2.41. The van der Waals surface area contributed by atoms with E-state index in [0.29, 0.717) is 26.3 Å². The number of rotatable bonds is 3. The third-order valence-corrected chi connectivity index (χ3v) is 2.93. The molecular formula is C12H14N2O5. The molecule has 1 aliphatic heterocycles. The van der Waals surface area contributed by atoms with E-state index in [4.69, 9.17) is 9.84 Å². The Balaban J connectivity index is 2.20. The normalized spacial score (nSPS) is 15.3. The van der Waals surface area contributed by atoms with Crippen LogP contribution >= 0.6 is 0 Å². The lowest BCUT2D eigenvalue weighted by atomic mass is 10.3. The number of carbonyl (C=O) groups is 2. The minimum atomic E-state index is -1.23. The highest BCUT2D eigenvalue weighted by molar-refractivity contribution is 5.86. The van der Waals surface area contributed by atoms with Crippen molar-refractivity contribution in [3.63, 3.8) is 0 Å². The minimum absolute atomic E-state index is 0.186. The number of nitrogens with zero attached hydrogens (tertiary/aromatic N) is 2. The summed E-state index contributed by atoms with van der Waals surface area (Å²) in [4.78, 5) is 36.3. The maximum atomic E-state index is 12.0. The predicted molar refractivity (Wildman–Crippen MR) is 65.1 cm³/mol. The Bertz CT molecular complexity index is 545. The molecule has 102 valence electrons. The van der Waals surface area contributed by atoms with Crippen LogP contribution < -0.4 is 5.56 Å². The lowest BCUT2D eigenvalue weighted by Crippen LogP contribution is -2.44. The van der Waals surface area contributed by atoms with Crippen molar-refractivity contribution >= 4 is 11.9 Å². The van der Waals surface area contributed by atoms with Gasteiger partial charge < -0.3 is 14.7 Å². The molecule has 1 fully saturated rings. The SMILES string of the molecule is O=C(O)c1cccc(=O)n1CC(=O)N1CCOCC1. The number of aromatic nitrogens is 1. The Labute approximate surface area is 109 Å². The van der Waals surface area contributed by atoms with Crippen LogP contribution in [0.15, 0.2) is 23.0 Å². The monoisotopic (exact) mass is 266 g/mol. The summed E-state index contributed by atoms with van der Waals surface area (Å²) in [5.41, 5.74) is -0.685. The van der Waals surface area contributed by atoms with E-state index in [0.717, 1.165) is 4.57 Å². The van der Waals surface area contributed by atoms with Crippen molar-refractivity contribution in [3.05, 3.63) is 34.2 Å². The molecule has 0 saturated carbocycles. The summed E-state index contributed by atoms with van der Waals surface area (Å²) in [5.74, 6) is -1.51. The van der Waals surface area contributed by atoms with E-state index in [2.05, 4.69) is 0 Å². The second-order valence-corrected chi connectivity index (χ2v) is 4.13. The molecule has 1 aliphatic rings. The highest BCUT2D eigenvalue weighted by Crippen LogP contribution is 2.02. The number of pyridine rings is 1. The third-order valence-electron chi connectivity index (χ3n) is 2.93. The van der Waals surface area contributed by atoms with Gasteiger partial charge >= 0.3 is 5.97 Å². The molecule has 0 aliphatic carbocycles. The van der Waals surface area contributed by atoms with Crippen LogP contribution in [0, 0.1) is 0 Å². The zero-order valence-corrected chi connectivity index (χ0v) is 10.2. The molecule has 2 heterocycles. The first-order chi connectivity index (χ1) is 9.09. The number of morpholine rings is 1. The van der Waals surface area contributed by atoms with E-state index in [-0.39, 0.29) is 18.1 Å². The van der Waals surface area contributed by atoms with Crippen LogP contribution in [0.25, 0.3) is 0 Å². The number of carboxylic acids is 1. The van der Waals surface area contributed by atoms with Crippen molar-refractivity contribution < 1.29 is 19.4 Å². The second kappa shape index (κ2) is 5.66. The van der Waals surface area contributed by atoms with Gasteiger partial charge in [0.1, 0.15) is 12.2 Å². The number of ether oxygens (including phenoxy) is 1. The summed E-state index contributed by atoms with van der Waals surface area (Å²) >= 11 is 0. The largest absolute Gasteiger partial charge is 0.477 e. The molecule has 19 heavy (non-hydrogen) atoms. The molecule has 1 aromatic rings. The summed E-state index contributed by atoms with van der Waals surface area (Å²) in [5, 5.41) is 9.01. The van der Waals surface area contributed by atoms with Gasteiger partial charge in [-0.3, -0.25) is 14.2 Å². The molecule has 0 spiro atoms. The molecule has 1 N–H and O–H groups in total. The molecule has 1 saturated heterocycles. The van der Waals surface area contributed by atoms with Gasteiger partial charge in [0.25, 0.3) is 5.56 Å². The average molecular weight is 266 g/mol. The third kappa shape index (κ3) is 3.00. The molecule has 0 bridgehead atoms. The molecular weight excluding hydrogens is 252 g/mol. The Morgan fingerprint density at radius 3 is 2.58 bits per heavy atom. The van der Waals surface area contributed by atoms with Crippen molar-refractivity contribution in [1.82, 2.24) is 9.47 Å². The van der Waals surface area contributed by atoms with Crippen LogP contribution in [0.5, 0.6) is 0 Å². The van der Waals surface area contributed by atoms with Crippen molar-refractivity contribution in [3.8, 4) is 0 Å². The van der Waals surface area contributed by atoms with Gasteiger partial charge in [-0.1, -0.05) is 6.07 Å². The van der Waals surface area contributed by atoms with Gasteiger partial charge in [-0.2, -0.15) is 0 Å². The lowest BCUT2D eigenvalue weighted by molar-refractivity contribution is -0.135. The first-order valence-electron chi connectivity index (χ1n) is 5.88. The summed E-state index contributed by atoms with van der Waals surface area (Å²) in [6.45, 7) is 1.58. The summed E-state index contributed by atoms with van der Waals surface area (Å²) in [6, 6.07) is 3.90. The van der Waals surface area contributed by atoms with Gasteiger partial charge in [0.2, 0.25) is 5.91 Å². The Morgan fingerprint density at radius 1 is 1.26 bits per heavy atom. The van der Waals surface area contributed by atoms with E-state index < -0.39 is 11.5 Å². The number of carboxylic acid groups (broad SMARTS) is 1. The molecule has 0 atom stereocenters. The summed E-state index contributed by atoms with van der Waals surface area (Å²) in [6.07, 6.45) is 0. The topological polar surface area (TPSA) is 88.8 Å². The maximum Gasteiger partial charge on any atom is 0.352 e. The number of aromatic carboxylic acids is 1. The molecule has 1 aromatic heterocycles. The van der Waals surface area contributed by atoms with Crippen molar-refractivity contribution in [1.29, 1.82) is 0 Å². The Hall–Kier alpha value is -2.15. The highest BCUT2D eigenvalue weighted by Gasteiger charge is 2.19. The highest BCUT2D eigenvalue weighted by atomic mass is 16.5. The van der Waals surface area contributed by atoms with Crippen molar-refractivity contribution in [2.75, 3.05) is 26.3 Å². The molecule has 0 unspecified atom stereocenters. The number of hydrogen-bond donors (Lipinski definition) is 1. The summed E-state index contributed by atoms with van der Waals surface area (Å²) in [7, 11) is 0. The number of hydrogen-bond acceptors (Lipinski definition) is 4. The van der Waals surface area contributed by atoms with Gasteiger partial charge in [-0.15, -0.1) is 0 Å². The minimum Gasteiger partial charge on any atom is -0.477 e. The van der Waals surface area contributed by atoms with Gasteiger partial charge in [-0.25, -0.2) is 4.79 Å². The molecule has 7 nitrogen and oxygen atoms in total. The van der Waals surface area contributed by atoms with Gasteiger partial charge in [0.05, 0.1) is 13.2 Å². The Morgan fingerprint density at radius 2 is 1.95 bits per heavy atom. The quantitative estimate of drug-likeness (QED) is 0.789. The van der Waals surface area contributed by atoms with Crippen LogP contribution in [0.1, 0.15) is 10.5 Å². The maximum absolute atomic E-state index is 12.0. The van der Waals surface area contributed by atoms with Crippen molar-refractivity contribution in [2.45, 2.75) is 6.54 Å². The molecule has 7 heteroatoms. The molecule has 1 amide bonds. The zero-order chi connectivity index (χ0) is 13.8. The van der Waals surface area contributed by atoms with Gasteiger partial charge in [0.15, 0.2) is 0 Å². The van der Waals surface area contributed by atoms with Crippen LogP contribution in [0.4, 0.5) is 0 Å². The van der Waals surface area contributed by atoms with Crippen LogP contribution in [-0.4, -0.2) is 52.8 Å². The standard InChI is InChI=1S/C12H14N2O5/c15-10-3-1-2-9(12(17)18)14(10)8-11(16)13-4-6-19-7-5-13/h1-3H,4-8H2,(H,17,18). The van der Waals surface area contributed by atoms with E-state index in [1.807, 2.05) is 0 Å². The van der Waals surface area contributed by atoms with E-state index in [1.165, 1.54) is 18.2 Å². The zero-order valence-electron chi connectivity index (χ0n) is 10.2. The van der Waals surface area contributed by atoms with E-state index in [1.54, 1.807) is 4.90 Å². The second-order valence-electron chi connectivity index (χ2n) is 4.13. The fourth-order valence-corrected chi connectivity index (χ4v) is 1.92. The van der Waals surface area contributed by atoms with E-state index in [9.17, 15) is 14.4 Å². The fraction of sp³-hybridized carbons (Fsp3) is 0.417. The van der Waals surface area contributed by atoms with Crippen LogP contribution in [0.2, 0.25) is 0 Å².